The number of aromatic nitrogens is 4. The number of aliphatic imine (C=N–C) groups is 1. The van der Waals surface area contributed by atoms with Gasteiger partial charge in [0.05, 0.1) is 30.5 Å². The average molecular weight is 921 g/mol. The number of unbranched alkanes of at least 4 members (excludes halogenated alkanes) is 6. The van der Waals surface area contributed by atoms with Crippen molar-refractivity contribution in [2.75, 3.05) is 19.0 Å². The predicted octanol–water partition coefficient (Wildman–Crippen LogP) is 9.59. The summed E-state index contributed by atoms with van der Waals surface area (Å²) in [6.07, 6.45) is 8.74. The summed E-state index contributed by atoms with van der Waals surface area (Å²) in [4.78, 5) is 56.0. The Balaban J connectivity index is 0.854. The van der Waals surface area contributed by atoms with E-state index in [1.807, 2.05) is 41.8 Å². The molecule has 0 unspecified atom stereocenters. The van der Waals surface area contributed by atoms with Gasteiger partial charge in [0.1, 0.15) is 35.0 Å². The first-order valence-corrected chi connectivity index (χ1v) is 22.8. The van der Waals surface area contributed by atoms with Crippen molar-refractivity contribution >= 4 is 52.1 Å². The number of aryl methyl sites for hydroxylation is 3. The largest absolute Gasteiger partial charge is 0.496 e. The standard InChI is InChI=1S/C49H51ClFN7O6S/c1-29-30(2)65-49-45(29)46(32-13-17-36(50)18-14-32)54-40(47-56-55-31(3)58(47)49)26-42(59)52-23-11-9-7-5-6-8-10-12-35-24-33(16-21-39(35)51)34-15-20-38(41(25-34)64-4)48(63)53-37-19-22-43(60)57(27-37)28-44(61)62/h13-22,24-25,27,40H,5-12,23,26,28H2,1-4H3,(H,52,59)(H,53,63)(H,61,62)/t40-/m0/s1. The molecule has 1 aliphatic rings. The highest BCUT2D eigenvalue weighted by molar-refractivity contribution is 7.15. The topological polar surface area (TPSA) is 170 Å². The van der Waals surface area contributed by atoms with Crippen LogP contribution in [0.15, 0.2) is 88.8 Å². The van der Waals surface area contributed by atoms with Crippen LogP contribution in [0.1, 0.15) is 107 Å². The maximum Gasteiger partial charge on any atom is 0.323 e. The number of carboxylic acid groups (broad SMARTS) is 1. The smallest absolute Gasteiger partial charge is 0.323 e. The monoisotopic (exact) mass is 919 g/mol. The Bertz CT molecular complexity index is 2820. The number of anilines is 1. The molecule has 3 aromatic carbocycles. The summed E-state index contributed by atoms with van der Waals surface area (Å²) in [6.45, 7) is 6.16. The number of hydrogen-bond acceptors (Lipinski definition) is 9. The minimum atomic E-state index is -1.18. The number of hydrogen-bond donors (Lipinski definition) is 3. The Hall–Kier alpha value is -6.45. The first-order chi connectivity index (χ1) is 31.3. The van der Waals surface area contributed by atoms with Crippen LogP contribution in [-0.2, 0) is 22.6 Å². The summed E-state index contributed by atoms with van der Waals surface area (Å²) in [7, 11) is 1.45. The lowest BCUT2D eigenvalue weighted by atomic mass is 9.98. The normalized spacial score (nSPS) is 13.1. The number of thiophene rings is 1. The van der Waals surface area contributed by atoms with Gasteiger partial charge in [-0.15, -0.1) is 21.5 Å². The van der Waals surface area contributed by atoms with E-state index in [0.717, 1.165) is 93.9 Å². The molecule has 0 saturated carbocycles. The molecule has 0 radical (unpaired) electrons. The number of carboxylic acids is 1. The summed E-state index contributed by atoms with van der Waals surface area (Å²) in [5, 5.41) is 25.4. The summed E-state index contributed by atoms with van der Waals surface area (Å²) in [6, 6.07) is 19.8. The van der Waals surface area contributed by atoms with E-state index in [-0.39, 0.29) is 29.4 Å². The maximum atomic E-state index is 14.9. The van der Waals surface area contributed by atoms with Crippen molar-refractivity contribution in [1.82, 2.24) is 24.6 Å². The van der Waals surface area contributed by atoms with Gasteiger partial charge in [-0.3, -0.25) is 28.7 Å². The van der Waals surface area contributed by atoms with Gasteiger partial charge in [-0.2, -0.15) is 0 Å². The Labute approximate surface area is 385 Å². The molecule has 0 bridgehead atoms. The molecule has 0 spiro atoms. The summed E-state index contributed by atoms with van der Waals surface area (Å²) in [5.74, 6) is -0.355. The van der Waals surface area contributed by atoms with Crippen LogP contribution in [0.3, 0.4) is 0 Å². The Morgan fingerprint density at radius 1 is 0.877 bits per heavy atom. The van der Waals surface area contributed by atoms with Gasteiger partial charge in [-0.1, -0.05) is 68.0 Å². The summed E-state index contributed by atoms with van der Waals surface area (Å²) < 4.78 is 23.5. The lowest BCUT2D eigenvalue weighted by Gasteiger charge is -2.13. The Kier molecular flexibility index (Phi) is 15.1. The average Bonchev–Trinajstić information content (AvgIpc) is 3.77. The highest BCUT2D eigenvalue weighted by atomic mass is 35.5. The van der Waals surface area contributed by atoms with Gasteiger partial charge < -0.3 is 25.0 Å². The van der Waals surface area contributed by atoms with Crippen LogP contribution in [0.4, 0.5) is 10.1 Å². The Morgan fingerprint density at radius 2 is 1.57 bits per heavy atom. The van der Waals surface area contributed by atoms with Crippen molar-refractivity contribution in [3.8, 4) is 21.9 Å². The van der Waals surface area contributed by atoms with Crippen LogP contribution in [0.5, 0.6) is 5.75 Å². The lowest BCUT2D eigenvalue weighted by molar-refractivity contribution is -0.137. The molecular formula is C49H51ClFN7O6S. The van der Waals surface area contributed by atoms with Crippen molar-refractivity contribution < 1.29 is 28.6 Å². The van der Waals surface area contributed by atoms with E-state index in [0.29, 0.717) is 35.1 Å². The van der Waals surface area contributed by atoms with Gasteiger partial charge in [0.15, 0.2) is 5.82 Å². The van der Waals surface area contributed by atoms with Crippen LogP contribution >= 0.6 is 22.9 Å². The minimum absolute atomic E-state index is 0.0884. The van der Waals surface area contributed by atoms with E-state index >= 15 is 0 Å². The molecule has 3 aromatic heterocycles. The van der Waals surface area contributed by atoms with Crippen LogP contribution in [0.2, 0.25) is 5.02 Å². The second-order valence-corrected chi connectivity index (χ2v) is 17.8. The van der Waals surface area contributed by atoms with E-state index in [2.05, 4.69) is 34.7 Å². The molecule has 13 nitrogen and oxygen atoms in total. The molecule has 3 N–H and O–H groups in total. The van der Waals surface area contributed by atoms with Crippen LogP contribution in [0.25, 0.3) is 16.1 Å². The van der Waals surface area contributed by atoms with Gasteiger partial charge in [0.2, 0.25) is 5.91 Å². The number of fused-ring (bicyclic) bond motifs is 3. The second-order valence-electron chi connectivity index (χ2n) is 16.1. The number of methoxy groups -OCH3 is 1. The Morgan fingerprint density at radius 3 is 2.31 bits per heavy atom. The molecule has 16 heteroatoms. The van der Waals surface area contributed by atoms with Crippen LogP contribution < -0.4 is 20.9 Å². The fourth-order valence-corrected chi connectivity index (χ4v) is 9.35. The van der Waals surface area contributed by atoms with Gasteiger partial charge in [-0.25, -0.2) is 4.39 Å². The van der Waals surface area contributed by atoms with E-state index in [9.17, 15) is 23.6 Å². The van der Waals surface area contributed by atoms with Crippen molar-refractivity contribution in [1.29, 1.82) is 0 Å². The van der Waals surface area contributed by atoms with Gasteiger partial charge in [0, 0.05) is 39.8 Å². The van der Waals surface area contributed by atoms with E-state index in [4.69, 9.17) is 26.4 Å². The highest BCUT2D eigenvalue weighted by Crippen LogP contribution is 2.40. The fraction of sp³-hybridized carbons (Fsp3) is 0.327. The summed E-state index contributed by atoms with van der Waals surface area (Å²) >= 11 is 7.92. The number of benzene rings is 3. The molecule has 1 atom stereocenters. The number of nitrogens with one attached hydrogen (secondary N) is 2. The zero-order chi connectivity index (χ0) is 46.2. The van der Waals surface area contributed by atoms with E-state index in [1.165, 1.54) is 36.4 Å². The third kappa shape index (κ3) is 11.1. The molecule has 7 rings (SSSR count). The first kappa shape index (κ1) is 46.5. The summed E-state index contributed by atoms with van der Waals surface area (Å²) in [5.41, 5.74) is 6.02. The number of rotatable bonds is 19. The zero-order valence-electron chi connectivity index (χ0n) is 36.7. The molecule has 1 aliphatic heterocycles. The highest BCUT2D eigenvalue weighted by Gasteiger charge is 2.32. The number of carbonyl (C=O) groups excluding carboxylic acids is 2. The number of ether oxygens (including phenoxy) is 1. The number of amides is 2. The first-order valence-electron chi connectivity index (χ1n) is 21.6. The van der Waals surface area contributed by atoms with E-state index in [1.54, 1.807) is 35.6 Å². The third-order valence-electron chi connectivity index (χ3n) is 11.6. The van der Waals surface area contributed by atoms with Crippen LogP contribution in [0, 0.1) is 26.6 Å². The molecule has 0 saturated heterocycles. The molecular weight excluding hydrogens is 869 g/mol. The third-order valence-corrected chi connectivity index (χ3v) is 13.0. The SMILES string of the molecule is COc1cc(-c2ccc(F)c(CCCCCCCCCNC(=O)C[C@@H]3N=C(c4ccc(Cl)cc4)c4c(sc(C)c4C)-n4c(C)nnc43)c2)ccc1C(=O)Nc1ccc(=O)n(CC(=O)O)c1. The fourth-order valence-electron chi connectivity index (χ4n) is 8.01. The van der Waals surface area contributed by atoms with Crippen molar-refractivity contribution in [2.45, 2.75) is 91.1 Å². The molecule has 0 fully saturated rings. The number of aliphatic carboxylic acids is 1. The molecule has 65 heavy (non-hydrogen) atoms. The second kappa shape index (κ2) is 21.0. The lowest BCUT2D eigenvalue weighted by Crippen LogP contribution is -2.26. The minimum Gasteiger partial charge on any atom is -0.496 e. The van der Waals surface area contributed by atoms with Crippen molar-refractivity contribution in [2.24, 2.45) is 4.99 Å². The van der Waals surface area contributed by atoms with Gasteiger partial charge >= 0.3 is 5.97 Å². The molecule has 4 heterocycles. The number of halogens is 2. The zero-order valence-corrected chi connectivity index (χ0v) is 38.3. The van der Waals surface area contributed by atoms with Crippen molar-refractivity contribution in [3.05, 3.63) is 145 Å². The predicted molar refractivity (Wildman–Crippen MR) is 252 cm³/mol. The molecule has 6 aromatic rings. The van der Waals surface area contributed by atoms with Crippen LogP contribution in [-0.4, -0.2) is 61.6 Å². The molecule has 0 aliphatic carbocycles. The number of pyridine rings is 1. The van der Waals surface area contributed by atoms with Gasteiger partial charge in [0.25, 0.3) is 11.5 Å². The maximum absolute atomic E-state index is 14.9. The molecule has 338 valence electrons. The van der Waals surface area contributed by atoms with Crippen molar-refractivity contribution in [3.63, 3.8) is 0 Å². The van der Waals surface area contributed by atoms with Gasteiger partial charge in [-0.05, 0) is 105 Å². The quantitative estimate of drug-likeness (QED) is 0.0675. The number of carbonyl (C=O) groups is 3. The number of nitrogens with zero attached hydrogens (tertiary/aromatic N) is 5. The molecule has 2 amide bonds. The van der Waals surface area contributed by atoms with E-state index < -0.39 is 30.0 Å².